The standard InChI is InChI=1S/C12H14ClN3O/c1-7(2)11(12(15)17)16-9-4-3-8(6-14)10(13)5-9/h3-5,7,11,16H,1-2H3,(H2,15,17). The molecule has 1 aromatic carbocycles. The lowest BCUT2D eigenvalue weighted by atomic mass is 10.0. The first kappa shape index (κ1) is 13.3. The van der Waals surface area contributed by atoms with E-state index >= 15 is 0 Å². The molecule has 0 heterocycles. The number of carbonyl (C=O) groups is 1. The quantitative estimate of drug-likeness (QED) is 0.860. The highest BCUT2D eigenvalue weighted by atomic mass is 35.5. The zero-order chi connectivity index (χ0) is 13.0. The Morgan fingerprint density at radius 3 is 2.59 bits per heavy atom. The molecule has 0 aliphatic carbocycles. The number of carbonyl (C=O) groups excluding carboxylic acids is 1. The van der Waals surface area contributed by atoms with Gasteiger partial charge in [-0.15, -0.1) is 0 Å². The molecule has 0 aliphatic heterocycles. The molecule has 5 heteroatoms. The summed E-state index contributed by atoms with van der Waals surface area (Å²) in [6.45, 7) is 3.79. The summed E-state index contributed by atoms with van der Waals surface area (Å²) in [6.07, 6.45) is 0. The fraction of sp³-hybridized carbons (Fsp3) is 0.333. The van der Waals surface area contributed by atoms with Gasteiger partial charge >= 0.3 is 0 Å². The molecule has 0 saturated carbocycles. The minimum Gasteiger partial charge on any atom is -0.373 e. The number of rotatable bonds is 4. The third-order valence-corrected chi connectivity index (χ3v) is 2.70. The first-order valence-corrected chi connectivity index (χ1v) is 5.59. The minimum absolute atomic E-state index is 0.0712. The topological polar surface area (TPSA) is 78.9 Å². The van der Waals surface area contributed by atoms with Crippen molar-refractivity contribution in [2.45, 2.75) is 19.9 Å². The molecular formula is C12H14ClN3O. The predicted octanol–water partition coefficient (Wildman–Crippen LogP) is 2.13. The van der Waals surface area contributed by atoms with Crippen LogP contribution in [-0.4, -0.2) is 11.9 Å². The number of halogens is 1. The van der Waals surface area contributed by atoms with E-state index in [0.29, 0.717) is 16.3 Å². The van der Waals surface area contributed by atoms with Crippen molar-refractivity contribution in [1.29, 1.82) is 5.26 Å². The molecule has 4 nitrogen and oxygen atoms in total. The zero-order valence-electron chi connectivity index (χ0n) is 9.70. The Bertz CT molecular complexity index is 465. The molecule has 1 unspecified atom stereocenters. The number of nitrogens with zero attached hydrogens (tertiary/aromatic N) is 1. The SMILES string of the molecule is CC(C)C(Nc1ccc(C#N)c(Cl)c1)C(N)=O. The van der Waals surface area contributed by atoms with Gasteiger partial charge in [0.15, 0.2) is 0 Å². The maximum atomic E-state index is 11.2. The number of anilines is 1. The Kier molecular flexibility index (Phi) is 4.36. The van der Waals surface area contributed by atoms with E-state index in [-0.39, 0.29) is 5.92 Å². The number of amides is 1. The molecule has 1 atom stereocenters. The first-order chi connectivity index (χ1) is 7.95. The van der Waals surface area contributed by atoms with Crippen molar-refractivity contribution in [2.24, 2.45) is 11.7 Å². The lowest BCUT2D eigenvalue weighted by Gasteiger charge is -2.20. The Labute approximate surface area is 105 Å². The lowest BCUT2D eigenvalue weighted by Crippen LogP contribution is -2.39. The van der Waals surface area contributed by atoms with Crippen LogP contribution in [0.2, 0.25) is 5.02 Å². The van der Waals surface area contributed by atoms with Crippen LogP contribution in [0.3, 0.4) is 0 Å². The normalized spacial score (nSPS) is 11.9. The highest BCUT2D eigenvalue weighted by Gasteiger charge is 2.19. The molecule has 0 bridgehead atoms. The molecule has 0 spiro atoms. The minimum atomic E-state index is -0.459. The van der Waals surface area contributed by atoms with Gasteiger partial charge in [-0.3, -0.25) is 4.79 Å². The average Bonchev–Trinajstić information content (AvgIpc) is 2.25. The lowest BCUT2D eigenvalue weighted by molar-refractivity contribution is -0.119. The third-order valence-electron chi connectivity index (χ3n) is 2.38. The van der Waals surface area contributed by atoms with Crippen molar-refractivity contribution in [3.05, 3.63) is 28.8 Å². The van der Waals surface area contributed by atoms with Crippen LogP contribution >= 0.6 is 11.6 Å². The Morgan fingerprint density at radius 2 is 2.18 bits per heavy atom. The fourth-order valence-corrected chi connectivity index (χ4v) is 1.66. The summed E-state index contributed by atoms with van der Waals surface area (Å²) in [5.74, 6) is -0.345. The molecule has 0 radical (unpaired) electrons. The molecule has 90 valence electrons. The highest BCUT2D eigenvalue weighted by Crippen LogP contribution is 2.21. The smallest absolute Gasteiger partial charge is 0.240 e. The van der Waals surface area contributed by atoms with Crippen LogP contribution in [-0.2, 0) is 4.79 Å². The molecule has 1 aromatic rings. The monoisotopic (exact) mass is 251 g/mol. The second kappa shape index (κ2) is 5.55. The second-order valence-corrected chi connectivity index (χ2v) is 4.48. The van der Waals surface area contributed by atoms with Gasteiger partial charge in [0.2, 0.25) is 5.91 Å². The summed E-state index contributed by atoms with van der Waals surface area (Å²) in [4.78, 5) is 11.2. The van der Waals surface area contributed by atoms with E-state index in [1.165, 1.54) is 0 Å². The number of primary amides is 1. The highest BCUT2D eigenvalue weighted by molar-refractivity contribution is 6.32. The van der Waals surface area contributed by atoms with Crippen molar-refractivity contribution in [2.75, 3.05) is 5.32 Å². The van der Waals surface area contributed by atoms with Crippen molar-refractivity contribution >= 4 is 23.2 Å². The molecule has 1 amide bonds. The number of benzene rings is 1. The maximum Gasteiger partial charge on any atom is 0.240 e. The van der Waals surface area contributed by atoms with E-state index in [1.54, 1.807) is 18.2 Å². The number of hydrogen-bond acceptors (Lipinski definition) is 3. The summed E-state index contributed by atoms with van der Waals surface area (Å²) in [7, 11) is 0. The summed E-state index contributed by atoms with van der Waals surface area (Å²) < 4.78 is 0. The zero-order valence-corrected chi connectivity index (χ0v) is 10.5. The van der Waals surface area contributed by atoms with E-state index in [9.17, 15) is 4.79 Å². The molecule has 3 N–H and O–H groups in total. The van der Waals surface area contributed by atoms with Crippen molar-refractivity contribution in [3.63, 3.8) is 0 Å². The summed E-state index contributed by atoms with van der Waals surface area (Å²) in [6, 6.07) is 6.42. The first-order valence-electron chi connectivity index (χ1n) is 5.21. The van der Waals surface area contributed by atoms with Gasteiger partial charge in [-0.2, -0.15) is 5.26 Å². The van der Waals surface area contributed by atoms with Gasteiger partial charge in [-0.25, -0.2) is 0 Å². The van der Waals surface area contributed by atoms with Gasteiger partial charge in [0.05, 0.1) is 10.6 Å². The van der Waals surface area contributed by atoms with Gasteiger partial charge < -0.3 is 11.1 Å². The van der Waals surface area contributed by atoms with E-state index in [0.717, 1.165) is 0 Å². The largest absolute Gasteiger partial charge is 0.373 e. The van der Waals surface area contributed by atoms with Crippen LogP contribution in [0.15, 0.2) is 18.2 Å². The van der Waals surface area contributed by atoms with Gasteiger partial charge in [-0.05, 0) is 24.1 Å². The van der Waals surface area contributed by atoms with Gasteiger partial charge in [0.25, 0.3) is 0 Å². The van der Waals surface area contributed by atoms with E-state index in [4.69, 9.17) is 22.6 Å². The van der Waals surface area contributed by atoms with Crippen molar-refractivity contribution < 1.29 is 4.79 Å². The molecule has 17 heavy (non-hydrogen) atoms. The average molecular weight is 252 g/mol. The van der Waals surface area contributed by atoms with Crippen LogP contribution < -0.4 is 11.1 Å². The Morgan fingerprint density at radius 1 is 1.53 bits per heavy atom. The van der Waals surface area contributed by atoms with Gasteiger partial charge in [0, 0.05) is 5.69 Å². The molecule has 0 saturated heterocycles. The van der Waals surface area contributed by atoms with Crippen molar-refractivity contribution in [1.82, 2.24) is 0 Å². The van der Waals surface area contributed by atoms with E-state index in [2.05, 4.69) is 5.32 Å². The maximum absolute atomic E-state index is 11.2. The summed E-state index contributed by atoms with van der Waals surface area (Å²) >= 11 is 5.89. The molecule has 0 aliphatic rings. The number of hydrogen-bond donors (Lipinski definition) is 2. The molecular weight excluding hydrogens is 238 g/mol. The summed E-state index contributed by atoms with van der Waals surface area (Å²) in [5, 5.41) is 12.1. The number of nitrogens with two attached hydrogens (primary N) is 1. The van der Waals surface area contributed by atoms with E-state index in [1.807, 2.05) is 19.9 Å². The van der Waals surface area contributed by atoms with Crippen LogP contribution in [0, 0.1) is 17.2 Å². The van der Waals surface area contributed by atoms with Crippen LogP contribution in [0.4, 0.5) is 5.69 Å². The van der Waals surface area contributed by atoms with Crippen LogP contribution in [0.25, 0.3) is 0 Å². The predicted molar refractivity (Wildman–Crippen MR) is 67.6 cm³/mol. The molecule has 1 rings (SSSR count). The summed E-state index contributed by atoms with van der Waals surface area (Å²) in [5.41, 5.74) is 6.37. The van der Waals surface area contributed by atoms with Crippen LogP contribution in [0.5, 0.6) is 0 Å². The number of nitriles is 1. The van der Waals surface area contributed by atoms with E-state index < -0.39 is 11.9 Å². The molecule has 0 aromatic heterocycles. The molecule has 0 fully saturated rings. The van der Waals surface area contributed by atoms with Gasteiger partial charge in [0.1, 0.15) is 12.1 Å². The van der Waals surface area contributed by atoms with Crippen LogP contribution in [0.1, 0.15) is 19.4 Å². The Hall–Kier alpha value is -1.73. The van der Waals surface area contributed by atoms with Crippen molar-refractivity contribution in [3.8, 4) is 6.07 Å². The fourth-order valence-electron chi connectivity index (χ4n) is 1.44. The number of nitrogens with one attached hydrogen (secondary N) is 1. The Balaban J connectivity index is 2.92. The second-order valence-electron chi connectivity index (χ2n) is 4.07. The third kappa shape index (κ3) is 3.36. The van der Waals surface area contributed by atoms with Gasteiger partial charge in [-0.1, -0.05) is 25.4 Å².